The van der Waals surface area contributed by atoms with Crippen LogP contribution in [0.1, 0.15) is 19.4 Å². The summed E-state index contributed by atoms with van der Waals surface area (Å²) in [5.41, 5.74) is 5.33. The highest BCUT2D eigenvalue weighted by atomic mass is 35.5. The Morgan fingerprint density at radius 1 is 1.47 bits per heavy atom. The normalized spacial score (nSPS) is 16.2. The lowest BCUT2D eigenvalue weighted by molar-refractivity contribution is 0.324. The first kappa shape index (κ1) is 21.4. The Morgan fingerprint density at radius 3 is 2.90 bits per heavy atom. The van der Waals surface area contributed by atoms with E-state index in [4.69, 9.17) is 20.8 Å². The third-order valence-corrected chi connectivity index (χ3v) is 4.93. The van der Waals surface area contributed by atoms with E-state index >= 15 is 0 Å². The van der Waals surface area contributed by atoms with Crippen LogP contribution in [-0.2, 0) is 6.42 Å². The Kier molecular flexibility index (Phi) is 6.40. The molecule has 2 aromatic heterocycles. The van der Waals surface area contributed by atoms with E-state index in [0.29, 0.717) is 17.0 Å². The lowest BCUT2D eigenvalue weighted by atomic mass is 9.87. The van der Waals surface area contributed by atoms with E-state index in [1.807, 2.05) is 19.9 Å². The van der Waals surface area contributed by atoms with E-state index in [0.717, 1.165) is 16.7 Å². The van der Waals surface area contributed by atoms with Gasteiger partial charge >= 0.3 is 5.63 Å². The van der Waals surface area contributed by atoms with Crippen molar-refractivity contribution in [1.29, 1.82) is 0 Å². The van der Waals surface area contributed by atoms with Crippen LogP contribution in [0.15, 0.2) is 85.0 Å². The predicted octanol–water partition coefficient (Wildman–Crippen LogP) is 4.34. The second-order valence-electron chi connectivity index (χ2n) is 6.74. The van der Waals surface area contributed by atoms with Gasteiger partial charge in [0.05, 0.1) is 0 Å². The number of aryl methyl sites for hydroxylation is 1. The quantitative estimate of drug-likeness (QED) is 0.527. The molecule has 0 fully saturated rings. The van der Waals surface area contributed by atoms with Gasteiger partial charge in [-0.1, -0.05) is 49.9 Å². The van der Waals surface area contributed by atoms with Crippen LogP contribution in [0.4, 0.5) is 0 Å². The first-order valence-electron chi connectivity index (χ1n) is 9.35. The van der Waals surface area contributed by atoms with Crippen LogP contribution in [0, 0.1) is 5.92 Å². The van der Waals surface area contributed by atoms with E-state index < -0.39 is 11.2 Å². The zero-order valence-corrected chi connectivity index (χ0v) is 17.5. The molecule has 3 rings (SSSR count). The predicted molar refractivity (Wildman–Crippen MR) is 118 cm³/mol. The van der Waals surface area contributed by atoms with Gasteiger partial charge in [0, 0.05) is 17.0 Å². The molecule has 1 aliphatic rings. The molecule has 1 N–H and O–H groups in total. The molecule has 6 nitrogen and oxygen atoms in total. The number of halogens is 1. The molecule has 2 heterocycles. The van der Waals surface area contributed by atoms with Gasteiger partial charge in [-0.2, -0.15) is 4.98 Å². The molecule has 1 unspecified atom stereocenters. The largest absolute Gasteiger partial charge is 0.460 e. The molecule has 0 aliphatic heterocycles. The molecule has 1 atom stereocenters. The Labute approximate surface area is 178 Å². The SMILES string of the molecule is C=C/C=C(\C(=C)Cl)C1C=C(COc2nc3oc(=O)cc(CC)c3c(=O)[nH]2)C=C=C1C. The molecule has 1 aliphatic carbocycles. The van der Waals surface area contributed by atoms with Crippen molar-refractivity contribution in [2.75, 3.05) is 6.61 Å². The van der Waals surface area contributed by atoms with Crippen molar-refractivity contribution in [2.45, 2.75) is 20.3 Å². The molecule has 0 amide bonds. The fourth-order valence-electron chi connectivity index (χ4n) is 3.21. The van der Waals surface area contributed by atoms with E-state index in [1.165, 1.54) is 6.07 Å². The fraction of sp³-hybridized carbons (Fsp3) is 0.217. The van der Waals surface area contributed by atoms with E-state index in [2.05, 4.69) is 28.9 Å². The molecule has 0 radical (unpaired) electrons. The summed E-state index contributed by atoms with van der Waals surface area (Å²) in [5.74, 6) is -0.120. The van der Waals surface area contributed by atoms with Crippen LogP contribution in [0.5, 0.6) is 6.01 Å². The summed E-state index contributed by atoms with van der Waals surface area (Å²) in [6.45, 7) is 11.4. The number of hydrogen-bond donors (Lipinski definition) is 1. The maximum Gasteiger partial charge on any atom is 0.337 e. The third-order valence-electron chi connectivity index (χ3n) is 4.71. The lowest BCUT2D eigenvalue weighted by Crippen LogP contribution is -2.16. The summed E-state index contributed by atoms with van der Waals surface area (Å²) < 4.78 is 10.7. The van der Waals surface area contributed by atoms with E-state index in [9.17, 15) is 9.59 Å². The van der Waals surface area contributed by atoms with Gasteiger partial charge in [0.2, 0.25) is 5.71 Å². The second-order valence-corrected chi connectivity index (χ2v) is 7.19. The number of aromatic nitrogens is 2. The van der Waals surface area contributed by atoms with Gasteiger partial charge in [-0.15, -0.1) is 5.73 Å². The molecule has 7 heteroatoms. The molecule has 2 aromatic rings. The Balaban J connectivity index is 1.90. The van der Waals surface area contributed by atoms with Gasteiger partial charge in [-0.05, 0) is 41.7 Å². The van der Waals surface area contributed by atoms with Crippen molar-refractivity contribution < 1.29 is 9.15 Å². The van der Waals surface area contributed by atoms with Crippen LogP contribution in [-0.4, -0.2) is 16.6 Å². The minimum absolute atomic E-state index is 0.0374. The van der Waals surface area contributed by atoms with Crippen molar-refractivity contribution in [1.82, 2.24) is 9.97 Å². The maximum absolute atomic E-state index is 12.5. The number of allylic oxidation sites excluding steroid dienone is 5. The third kappa shape index (κ3) is 4.46. The molecule has 30 heavy (non-hydrogen) atoms. The van der Waals surface area contributed by atoms with E-state index in [1.54, 1.807) is 18.2 Å². The molecule has 0 saturated heterocycles. The smallest absolute Gasteiger partial charge is 0.337 e. The Morgan fingerprint density at radius 2 is 2.23 bits per heavy atom. The van der Waals surface area contributed by atoms with Crippen LogP contribution >= 0.6 is 11.6 Å². The molecule has 0 bridgehead atoms. The summed E-state index contributed by atoms with van der Waals surface area (Å²) >= 11 is 6.14. The fourth-order valence-corrected chi connectivity index (χ4v) is 3.39. The number of rotatable bonds is 7. The van der Waals surface area contributed by atoms with Gasteiger partial charge in [0.1, 0.15) is 12.0 Å². The highest BCUT2D eigenvalue weighted by molar-refractivity contribution is 6.31. The number of fused-ring (bicyclic) bond motifs is 1. The molecular weight excluding hydrogens is 404 g/mol. The van der Waals surface area contributed by atoms with Crippen LogP contribution in [0.2, 0.25) is 0 Å². The van der Waals surface area contributed by atoms with Crippen LogP contribution in [0.25, 0.3) is 11.1 Å². The standard InChI is InChI=1S/C23H21ClN2O4/c1-5-7-17(14(4)24)18-10-15(9-8-13(18)3)12-29-23-25-21(28)20-16(6-2)11-19(27)30-22(20)26-23/h5,7,9-11,18H,1,4,6,12H2,2-3H3,(H,25,26,28)/b17-7+. The van der Waals surface area contributed by atoms with Crippen LogP contribution < -0.4 is 15.9 Å². The highest BCUT2D eigenvalue weighted by Crippen LogP contribution is 2.31. The molecular formula is C23H21ClN2O4. The maximum atomic E-state index is 12.5. The van der Waals surface area contributed by atoms with Crippen molar-refractivity contribution in [2.24, 2.45) is 5.92 Å². The number of nitrogens with zero attached hydrogens (tertiary/aromatic N) is 1. The summed E-state index contributed by atoms with van der Waals surface area (Å²) in [5, 5.41) is 0.668. The number of aromatic amines is 1. The summed E-state index contributed by atoms with van der Waals surface area (Å²) in [4.78, 5) is 30.9. The van der Waals surface area contributed by atoms with Gasteiger partial charge in [0.15, 0.2) is 0 Å². The minimum Gasteiger partial charge on any atom is -0.460 e. The minimum atomic E-state index is -0.562. The zero-order chi connectivity index (χ0) is 21.8. The highest BCUT2D eigenvalue weighted by Gasteiger charge is 2.19. The molecule has 0 spiro atoms. The number of nitrogens with one attached hydrogen (secondary N) is 1. The molecule has 154 valence electrons. The van der Waals surface area contributed by atoms with Crippen molar-refractivity contribution in [3.63, 3.8) is 0 Å². The Hall–Kier alpha value is -3.34. The topological polar surface area (TPSA) is 85.2 Å². The Bertz CT molecular complexity index is 1270. The van der Waals surface area contributed by atoms with Crippen molar-refractivity contribution >= 4 is 22.7 Å². The van der Waals surface area contributed by atoms with E-state index in [-0.39, 0.29) is 29.6 Å². The zero-order valence-electron chi connectivity index (χ0n) is 16.8. The summed E-state index contributed by atoms with van der Waals surface area (Å²) in [7, 11) is 0. The number of H-pyrrole nitrogens is 1. The lowest BCUT2D eigenvalue weighted by Gasteiger charge is -2.20. The summed E-state index contributed by atoms with van der Waals surface area (Å²) in [6.07, 6.45) is 7.73. The number of hydrogen-bond acceptors (Lipinski definition) is 5. The average Bonchev–Trinajstić information content (AvgIpc) is 2.70. The van der Waals surface area contributed by atoms with Gasteiger partial charge in [0.25, 0.3) is 11.6 Å². The van der Waals surface area contributed by atoms with Crippen molar-refractivity contribution in [3.05, 3.63) is 97.3 Å². The molecule has 0 aromatic carbocycles. The average molecular weight is 425 g/mol. The monoisotopic (exact) mass is 424 g/mol. The van der Waals surface area contributed by atoms with Gasteiger partial charge < -0.3 is 9.15 Å². The number of ether oxygens (including phenoxy) is 1. The first-order valence-corrected chi connectivity index (χ1v) is 9.73. The second kappa shape index (κ2) is 8.99. The van der Waals surface area contributed by atoms with Crippen molar-refractivity contribution in [3.8, 4) is 6.01 Å². The van der Waals surface area contributed by atoms with Crippen LogP contribution in [0.3, 0.4) is 0 Å². The van der Waals surface area contributed by atoms with Gasteiger partial charge in [-0.25, -0.2) is 4.79 Å². The first-order chi connectivity index (χ1) is 14.3. The molecule has 0 saturated carbocycles. The summed E-state index contributed by atoms with van der Waals surface area (Å²) in [6, 6.07) is 1.26. The van der Waals surface area contributed by atoms with Gasteiger partial charge in [-0.3, -0.25) is 9.78 Å².